The number of aliphatic hydroxyl groups excluding tert-OH is 1. The highest BCUT2D eigenvalue weighted by atomic mass is 31.2. The van der Waals surface area contributed by atoms with Gasteiger partial charge in [0, 0.05) is 25.7 Å². The van der Waals surface area contributed by atoms with Crippen LogP contribution in [0.2, 0.25) is 0 Å². The van der Waals surface area contributed by atoms with Crippen LogP contribution in [0.25, 0.3) is 0 Å². The fraction of sp³-hybridized carbons (Fsp3) is 0.688. The Hall–Kier alpha value is -4.54. The first kappa shape index (κ1) is 91.5. The predicted octanol–water partition coefficient (Wildman–Crippen LogP) is 20.8. The summed E-state index contributed by atoms with van der Waals surface area (Å²) in [4.78, 5) is 72.6. The van der Waals surface area contributed by atoms with Crippen molar-refractivity contribution in [3.05, 3.63) is 122 Å². The van der Waals surface area contributed by atoms with Crippen molar-refractivity contribution in [2.45, 2.75) is 303 Å². The molecule has 0 saturated carbocycles. The Morgan fingerprint density at radius 1 is 0.302 bits per heavy atom. The highest BCUT2D eigenvalue weighted by molar-refractivity contribution is 7.47. The molecule has 0 aliphatic rings. The number of hydrogen-bond donors (Lipinski definition) is 3. The lowest BCUT2D eigenvalue weighted by molar-refractivity contribution is -0.161. The normalized spacial score (nSPS) is 14.7. The van der Waals surface area contributed by atoms with Crippen LogP contribution < -0.4 is 0 Å². The molecule has 0 saturated heterocycles. The van der Waals surface area contributed by atoms with Gasteiger partial charge in [-0.3, -0.25) is 37.3 Å². The number of rotatable bonds is 68. The molecule has 0 radical (unpaired) electrons. The minimum atomic E-state index is -4.99. The van der Waals surface area contributed by atoms with Crippen molar-refractivity contribution in [1.82, 2.24) is 0 Å². The van der Waals surface area contributed by atoms with Gasteiger partial charge in [-0.2, -0.15) is 0 Å². The van der Waals surface area contributed by atoms with Gasteiger partial charge in [-0.25, -0.2) is 9.13 Å². The molecule has 0 aromatic carbocycles. The van der Waals surface area contributed by atoms with Crippen molar-refractivity contribution in [3.63, 3.8) is 0 Å². The van der Waals surface area contributed by atoms with Crippen LogP contribution in [0.3, 0.4) is 0 Å². The third kappa shape index (κ3) is 68.0. The largest absolute Gasteiger partial charge is 0.472 e. The molecule has 0 aromatic heterocycles. The Morgan fingerprint density at radius 2 is 0.552 bits per heavy atom. The monoisotopic (exact) mass is 1390 g/mol. The van der Waals surface area contributed by atoms with Gasteiger partial charge in [0.2, 0.25) is 0 Å². The summed E-state index contributed by atoms with van der Waals surface area (Å²) in [5, 5.41) is 10.6. The van der Waals surface area contributed by atoms with Gasteiger partial charge in [-0.1, -0.05) is 246 Å². The number of unbranched alkanes of at least 4 members (excludes halogenated alkanes) is 22. The first-order valence-corrected chi connectivity index (χ1v) is 39.8. The third-order valence-electron chi connectivity index (χ3n) is 14.9. The molecule has 0 rings (SSSR count). The fourth-order valence-corrected chi connectivity index (χ4v) is 10.9. The van der Waals surface area contributed by atoms with Crippen LogP contribution in [0.15, 0.2) is 122 Å². The van der Waals surface area contributed by atoms with Crippen molar-refractivity contribution < 1.29 is 80.2 Å². The van der Waals surface area contributed by atoms with Crippen LogP contribution in [0, 0.1) is 0 Å². The van der Waals surface area contributed by atoms with Gasteiger partial charge in [0.05, 0.1) is 26.4 Å². The first-order valence-electron chi connectivity index (χ1n) is 36.8. The summed E-state index contributed by atoms with van der Waals surface area (Å²) in [7, 11) is -9.96. The third-order valence-corrected chi connectivity index (χ3v) is 16.8. The predicted molar refractivity (Wildman–Crippen MR) is 390 cm³/mol. The van der Waals surface area contributed by atoms with E-state index in [1.807, 2.05) is 12.2 Å². The van der Waals surface area contributed by atoms with Gasteiger partial charge >= 0.3 is 39.5 Å². The molecule has 5 unspecified atom stereocenters. The maximum atomic E-state index is 13.1. The molecule has 0 aromatic rings. The first-order chi connectivity index (χ1) is 46.7. The van der Waals surface area contributed by atoms with E-state index >= 15 is 0 Å². The van der Waals surface area contributed by atoms with Crippen molar-refractivity contribution in [1.29, 1.82) is 0 Å². The summed E-state index contributed by atoms with van der Waals surface area (Å²) in [5.41, 5.74) is 0. The molecule has 0 bridgehead atoms. The van der Waals surface area contributed by atoms with E-state index in [0.717, 1.165) is 173 Å². The summed E-state index contributed by atoms with van der Waals surface area (Å²) >= 11 is 0. The van der Waals surface area contributed by atoms with E-state index in [2.05, 4.69) is 137 Å². The van der Waals surface area contributed by atoms with Gasteiger partial charge in [-0.05, 0) is 135 Å². The summed E-state index contributed by atoms with van der Waals surface area (Å²) in [6.07, 6.45) is 73.6. The fourth-order valence-electron chi connectivity index (χ4n) is 9.29. The van der Waals surface area contributed by atoms with Gasteiger partial charge in [-0.15, -0.1) is 0 Å². The quantitative estimate of drug-likeness (QED) is 0.0169. The van der Waals surface area contributed by atoms with Crippen LogP contribution in [0.1, 0.15) is 285 Å². The Kier molecular flexibility index (Phi) is 65.7. The molecule has 0 aliphatic carbocycles. The standard InChI is InChI=1S/C77H130O17P2/c1-5-9-13-17-21-25-29-31-33-35-37-39-43-46-50-54-58-62-75(80)88-68-73(94-77(82)64-60-56-52-48-44-40-38-36-34-32-30-26-22-18-14-10-6-2)70-92-96(85,86)90-66-71(78)65-89-95(83,84)91-69-72(93-76(81)63-59-55-51-47-42-28-24-20-16-12-8-4)67-87-74(79)61-57-53-49-45-41-27-23-19-15-11-7-3/h9-10,13-14,19-26,31-34,37,39,46,50,71-73,78H,5-8,11-12,15-18,27-30,35-36,38,40-45,47-49,51-70H2,1-4H3,(H,83,84)(H,85,86)/b13-9-,14-10-,23-19-,24-20-,25-21-,26-22-,33-31-,34-32-,39-37-,50-46-. The summed E-state index contributed by atoms with van der Waals surface area (Å²) < 4.78 is 68.2. The molecule has 96 heavy (non-hydrogen) atoms. The molecule has 3 N–H and O–H groups in total. The van der Waals surface area contributed by atoms with Crippen molar-refractivity contribution in [2.75, 3.05) is 39.6 Å². The number of phosphoric acid groups is 2. The number of ether oxygens (including phenoxy) is 4. The number of carbonyl (C=O) groups is 4. The molecule has 0 heterocycles. The average Bonchev–Trinajstić information content (AvgIpc) is 1.85. The zero-order valence-electron chi connectivity index (χ0n) is 59.8. The number of carbonyl (C=O) groups excluding carboxylic acids is 4. The minimum Gasteiger partial charge on any atom is -0.462 e. The Labute approximate surface area is 581 Å². The summed E-state index contributed by atoms with van der Waals surface area (Å²) in [6.45, 7) is 4.46. The number of esters is 4. The van der Waals surface area contributed by atoms with Crippen LogP contribution in [-0.4, -0.2) is 96.7 Å². The summed E-state index contributed by atoms with van der Waals surface area (Å²) in [6, 6.07) is 0. The number of allylic oxidation sites excluding steroid dienone is 20. The Balaban J connectivity index is 5.39. The van der Waals surface area contributed by atoms with Gasteiger partial charge in [0.1, 0.15) is 19.3 Å². The van der Waals surface area contributed by atoms with Crippen LogP contribution in [0.4, 0.5) is 0 Å². The number of aliphatic hydroxyl groups is 1. The second kappa shape index (κ2) is 69.0. The zero-order valence-corrected chi connectivity index (χ0v) is 61.5. The molecular weight excluding hydrogens is 1260 g/mol. The zero-order chi connectivity index (χ0) is 70.4. The highest BCUT2D eigenvalue weighted by Gasteiger charge is 2.30. The van der Waals surface area contributed by atoms with E-state index in [-0.39, 0.29) is 25.7 Å². The van der Waals surface area contributed by atoms with Crippen LogP contribution >= 0.6 is 15.6 Å². The molecule has 0 spiro atoms. The van der Waals surface area contributed by atoms with Crippen LogP contribution in [-0.2, 0) is 65.4 Å². The second-order valence-electron chi connectivity index (χ2n) is 24.1. The molecule has 17 nitrogen and oxygen atoms in total. The highest BCUT2D eigenvalue weighted by Crippen LogP contribution is 2.45. The van der Waals surface area contributed by atoms with Crippen molar-refractivity contribution >= 4 is 39.5 Å². The molecule has 0 amide bonds. The second-order valence-corrected chi connectivity index (χ2v) is 27.0. The molecule has 0 fully saturated rings. The summed E-state index contributed by atoms with van der Waals surface area (Å²) in [5.74, 6) is -2.28. The van der Waals surface area contributed by atoms with Crippen LogP contribution in [0.5, 0.6) is 0 Å². The Bertz CT molecular complexity index is 2300. The van der Waals surface area contributed by atoms with Gasteiger partial charge in [0.15, 0.2) is 12.2 Å². The lowest BCUT2D eigenvalue weighted by Crippen LogP contribution is -2.30. The minimum absolute atomic E-state index is 0.0687. The number of phosphoric ester groups is 2. The van der Waals surface area contributed by atoms with E-state index in [1.54, 1.807) is 0 Å². The molecular formula is C77H130O17P2. The van der Waals surface area contributed by atoms with Crippen molar-refractivity contribution in [2.24, 2.45) is 0 Å². The lowest BCUT2D eigenvalue weighted by Gasteiger charge is -2.21. The van der Waals surface area contributed by atoms with E-state index in [1.165, 1.54) is 25.7 Å². The Morgan fingerprint density at radius 3 is 0.885 bits per heavy atom. The topological polar surface area (TPSA) is 237 Å². The van der Waals surface area contributed by atoms with Crippen molar-refractivity contribution in [3.8, 4) is 0 Å². The smallest absolute Gasteiger partial charge is 0.462 e. The van der Waals surface area contributed by atoms with Gasteiger partial charge in [0.25, 0.3) is 0 Å². The lowest BCUT2D eigenvalue weighted by atomic mass is 10.1. The number of hydrogen-bond acceptors (Lipinski definition) is 15. The molecule has 19 heteroatoms. The molecule has 550 valence electrons. The maximum Gasteiger partial charge on any atom is 0.472 e. The average molecular weight is 1390 g/mol. The van der Waals surface area contributed by atoms with E-state index < -0.39 is 97.5 Å². The van der Waals surface area contributed by atoms with E-state index in [0.29, 0.717) is 32.1 Å². The SMILES string of the molecule is CC/C=C\C/C=C\C/C=C\C/C=C\C/C=C\CCCC(=O)OCC(COP(=O)(O)OCC(O)COP(=O)(O)OCC(COC(=O)CCCCCCC/C=C\CCCC)OC(=O)CCCCCCC/C=C\CCCC)OC(=O)CCCCCCCCC/C=C\C/C=C\C/C=C\CC. The molecule has 0 aliphatic heterocycles. The maximum absolute atomic E-state index is 13.1. The van der Waals surface area contributed by atoms with Gasteiger partial charge < -0.3 is 33.8 Å². The van der Waals surface area contributed by atoms with E-state index in [4.69, 9.17) is 37.0 Å². The molecule has 5 atom stereocenters. The van der Waals surface area contributed by atoms with E-state index in [9.17, 15) is 43.2 Å².